The molecule has 4 heteroatoms. The Kier molecular flexibility index (Phi) is 6.28. The Morgan fingerprint density at radius 3 is 3.00 bits per heavy atom. The molecule has 0 aromatic heterocycles. The number of rotatable bonds is 5. The Morgan fingerprint density at radius 2 is 2.55 bits per heavy atom. The molecule has 0 aliphatic heterocycles. The molecule has 0 saturated heterocycles. The lowest BCUT2D eigenvalue weighted by atomic mass is 10.1. The lowest BCUT2D eigenvalue weighted by Gasteiger charge is -2.04. The molecule has 1 atom stereocenters. The highest BCUT2D eigenvalue weighted by Gasteiger charge is 2.01. The Hall–Kier alpha value is -1.12. The van der Waals surface area contributed by atoms with Gasteiger partial charge in [0, 0.05) is 25.3 Å². The van der Waals surface area contributed by atoms with Gasteiger partial charge in [-0.15, -0.1) is 5.16 Å². The molecule has 1 N–H and O–H groups in total. The van der Waals surface area contributed by atoms with Gasteiger partial charge in [0.2, 0.25) is 0 Å². The van der Waals surface area contributed by atoms with Crippen LogP contribution in [0.1, 0.15) is 6.42 Å². The van der Waals surface area contributed by atoms with E-state index in [0.29, 0.717) is 13.0 Å². The summed E-state index contributed by atoms with van der Waals surface area (Å²) in [7, 11) is 1.54. The third kappa shape index (κ3) is 5.33. The first-order valence-corrected chi connectivity index (χ1v) is 3.21. The molecule has 0 aliphatic carbocycles. The maximum atomic E-state index is 9.91. The van der Waals surface area contributed by atoms with Crippen molar-refractivity contribution in [1.29, 1.82) is 0 Å². The molecule has 62 valence electrons. The van der Waals surface area contributed by atoms with Gasteiger partial charge in [-0.1, -0.05) is 0 Å². The molecule has 0 saturated carbocycles. The molecule has 0 fully saturated rings. The highest BCUT2D eigenvalue weighted by molar-refractivity contribution is 5.58. The average Bonchev–Trinajstić information content (AvgIpc) is 2.01. The minimum absolute atomic E-state index is 0.0478. The van der Waals surface area contributed by atoms with Crippen molar-refractivity contribution >= 4 is 12.2 Å². The van der Waals surface area contributed by atoms with Crippen molar-refractivity contribution in [2.24, 2.45) is 11.1 Å². The molecule has 0 bridgehead atoms. The van der Waals surface area contributed by atoms with E-state index in [0.717, 1.165) is 0 Å². The highest BCUT2D eigenvalue weighted by Crippen LogP contribution is 2.01. The van der Waals surface area contributed by atoms with Gasteiger partial charge in [-0.3, -0.25) is 0 Å². The Bertz CT molecular complexity index is 161. The predicted octanol–water partition coefficient (Wildman–Crippen LogP) is 0.487. The summed E-state index contributed by atoms with van der Waals surface area (Å²) in [6, 6.07) is 0. The van der Waals surface area contributed by atoms with Crippen LogP contribution >= 0.6 is 0 Å². The predicted molar refractivity (Wildman–Crippen MR) is 40.5 cm³/mol. The Balaban J connectivity index is 3.77. The number of oxime groups is 1. The van der Waals surface area contributed by atoms with Crippen LogP contribution in [-0.4, -0.2) is 31.1 Å². The maximum absolute atomic E-state index is 9.91. The van der Waals surface area contributed by atoms with Crippen molar-refractivity contribution in [3.63, 3.8) is 0 Å². The van der Waals surface area contributed by atoms with Gasteiger partial charge in [-0.2, -0.15) is 0 Å². The van der Waals surface area contributed by atoms with E-state index < -0.39 is 0 Å². The first-order valence-electron chi connectivity index (χ1n) is 3.21. The summed E-state index contributed by atoms with van der Waals surface area (Å²) in [5.41, 5.74) is 0. The molecule has 0 radical (unpaired) electrons. The van der Waals surface area contributed by atoms with Crippen molar-refractivity contribution < 1.29 is 14.7 Å². The van der Waals surface area contributed by atoms with Crippen LogP contribution in [0.15, 0.2) is 11.2 Å². The normalized spacial score (nSPS) is 12.8. The number of carbonyl (C=O) groups excluding carboxylic acids is 1. The molecule has 0 amide bonds. The van der Waals surface area contributed by atoms with Gasteiger partial charge in [-0.05, 0) is 6.42 Å². The Labute approximate surface area is 65.2 Å². The van der Waals surface area contributed by atoms with E-state index in [4.69, 9.17) is 9.94 Å². The first kappa shape index (κ1) is 9.88. The van der Waals surface area contributed by atoms with Crippen molar-refractivity contribution in [3.8, 4) is 0 Å². The van der Waals surface area contributed by atoms with Gasteiger partial charge < -0.3 is 9.94 Å². The topological polar surface area (TPSA) is 58.9 Å². The summed E-state index contributed by atoms with van der Waals surface area (Å²) in [5, 5.41) is 10.9. The molecule has 0 rings (SSSR count). The lowest BCUT2D eigenvalue weighted by Crippen LogP contribution is -2.05. The van der Waals surface area contributed by atoms with Crippen LogP contribution in [-0.2, 0) is 9.53 Å². The molecule has 0 aromatic rings. The fourth-order valence-corrected chi connectivity index (χ4v) is 0.677. The zero-order valence-electron chi connectivity index (χ0n) is 6.36. The third-order valence-corrected chi connectivity index (χ3v) is 1.17. The van der Waals surface area contributed by atoms with E-state index in [9.17, 15) is 4.79 Å². The molecular formula is C7H11NO3. The second kappa shape index (κ2) is 6.99. The number of nitrogens with zero attached hydrogens (tertiary/aromatic N) is 1. The lowest BCUT2D eigenvalue weighted by molar-refractivity contribution is 0.172. The van der Waals surface area contributed by atoms with Crippen LogP contribution in [0.25, 0.3) is 0 Å². The minimum atomic E-state index is -0.0478. The summed E-state index contributed by atoms with van der Waals surface area (Å²) in [6.07, 6.45) is 3.16. The summed E-state index contributed by atoms with van der Waals surface area (Å²) in [5.74, 6) is 1.62. The van der Waals surface area contributed by atoms with Gasteiger partial charge in [-0.25, -0.2) is 4.79 Å². The second-order valence-electron chi connectivity index (χ2n) is 2.03. The van der Waals surface area contributed by atoms with Crippen LogP contribution in [0.4, 0.5) is 0 Å². The van der Waals surface area contributed by atoms with Crippen LogP contribution in [0, 0.1) is 5.92 Å². The SMILES string of the molecule is COC[C@H](C=C=O)CC=NO. The van der Waals surface area contributed by atoms with E-state index in [2.05, 4.69) is 5.16 Å². The van der Waals surface area contributed by atoms with Crippen molar-refractivity contribution in [1.82, 2.24) is 0 Å². The van der Waals surface area contributed by atoms with E-state index >= 15 is 0 Å². The van der Waals surface area contributed by atoms with E-state index in [1.54, 1.807) is 13.1 Å². The van der Waals surface area contributed by atoms with E-state index in [1.165, 1.54) is 12.3 Å². The summed E-state index contributed by atoms with van der Waals surface area (Å²) >= 11 is 0. The van der Waals surface area contributed by atoms with Gasteiger partial charge in [0.15, 0.2) is 0 Å². The van der Waals surface area contributed by atoms with E-state index in [1.807, 2.05) is 0 Å². The fourth-order valence-electron chi connectivity index (χ4n) is 0.677. The molecule has 0 unspecified atom stereocenters. The smallest absolute Gasteiger partial charge is 0.120 e. The monoisotopic (exact) mass is 157 g/mol. The average molecular weight is 157 g/mol. The van der Waals surface area contributed by atoms with Crippen molar-refractivity contribution in [3.05, 3.63) is 6.08 Å². The summed E-state index contributed by atoms with van der Waals surface area (Å²) < 4.78 is 4.80. The molecule has 11 heavy (non-hydrogen) atoms. The molecule has 0 aromatic carbocycles. The van der Waals surface area contributed by atoms with Crippen molar-refractivity contribution in [2.45, 2.75) is 6.42 Å². The van der Waals surface area contributed by atoms with Gasteiger partial charge in [0.25, 0.3) is 0 Å². The maximum Gasteiger partial charge on any atom is 0.120 e. The van der Waals surface area contributed by atoms with Crippen molar-refractivity contribution in [2.75, 3.05) is 13.7 Å². The van der Waals surface area contributed by atoms with Crippen LogP contribution < -0.4 is 0 Å². The van der Waals surface area contributed by atoms with Crippen LogP contribution in [0.5, 0.6) is 0 Å². The largest absolute Gasteiger partial charge is 0.411 e. The zero-order valence-corrected chi connectivity index (χ0v) is 6.36. The second-order valence-corrected chi connectivity index (χ2v) is 2.03. The quantitative estimate of drug-likeness (QED) is 0.273. The van der Waals surface area contributed by atoms with Gasteiger partial charge in [0.05, 0.1) is 6.61 Å². The van der Waals surface area contributed by atoms with Crippen LogP contribution in [0.3, 0.4) is 0 Å². The highest BCUT2D eigenvalue weighted by atomic mass is 16.5. The van der Waals surface area contributed by atoms with Gasteiger partial charge in [0.1, 0.15) is 5.94 Å². The Morgan fingerprint density at radius 1 is 1.82 bits per heavy atom. The van der Waals surface area contributed by atoms with E-state index in [-0.39, 0.29) is 5.92 Å². The molecule has 0 heterocycles. The number of methoxy groups -OCH3 is 1. The standard InChI is InChI=1S/C7H11NO3/c1-11-6-7(3-5-9)2-4-8-10/h3-4,7,10H,2,6H2,1H3/t7-/m0/s1. The summed E-state index contributed by atoms with van der Waals surface area (Å²) in [4.78, 5) is 9.91. The van der Waals surface area contributed by atoms with Gasteiger partial charge >= 0.3 is 0 Å². The molecule has 4 nitrogen and oxygen atoms in total. The molecule has 0 spiro atoms. The zero-order chi connectivity index (χ0) is 8.53. The summed E-state index contributed by atoms with van der Waals surface area (Å²) in [6.45, 7) is 0.432. The molecule has 0 aliphatic rings. The number of ether oxygens (including phenoxy) is 1. The minimum Gasteiger partial charge on any atom is -0.411 e. The van der Waals surface area contributed by atoms with Crippen LogP contribution in [0.2, 0.25) is 0 Å². The fraction of sp³-hybridized carbons (Fsp3) is 0.571. The first-order chi connectivity index (χ1) is 5.35. The number of hydrogen-bond donors (Lipinski definition) is 1. The third-order valence-electron chi connectivity index (χ3n) is 1.17. The number of hydrogen-bond acceptors (Lipinski definition) is 4. The molecular weight excluding hydrogens is 146 g/mol.